The van der Waals surface area contributed by atoms with Gasteiger partial charge in [0.2, 0.25) is 5.95 Å². The lowest BCUT2D eigenvalue weighted by Crippen LogP contribution is -2.51. The van der Waals surface area contributed by atoms with Crippen LogP contribution >= 0.6 is 0 Å². The van der Waals surface area contributed by atoms with Gasteiger partial charge in [-0.05, 0) is 19.1 Å². The number of nitrogens with zero attached hydrogens (tertiary/aromatic N) is 3. The molecule has 1 aliphatic heterocycles. The number of methoxy groups -OCH3 is 1. The highest BCUT2D eigenvalue weighted by molar-refractivity contribution is 5.77. The van der Waals surface area contributed by atoms with Crippen molar-refractivity contribution in [3.05, 3.63) is 24.3 Å². The highest BCUT2D eigenvalue weighted by Crippen LogP contribution is 2.18. The van der Waals surface area contributed by atoms with E-state index in [0.29, 0.717) is 6.04 Å². The molecular formula is C15H22N4O. The van der Waals surface area contributed by atoms with Crippen molar-refractivity contribution in [3.63, 3.8) is 0 Å². The molecule has 0 amide bonds. The molecule has 5 nitrogen and oxygen atoms in total. The Morgan fingerprint density at radius 2 is 2.00 bits per heavy atom. The van der Waals surface area contributed by atoms with Crippen molar-refractivity contribution >= 4 is 17.0 Å². The van der Waals surface area contributed by atoms with Crippen LogP contribution in [0.4, 0.5) is 5.95 Å². The third-order valence-electron chi connectivity index (χ3n) is 4.02. The maximum atomic E-state index is 5.23. The zero-order chi connectivity index (χ0) is 13.9. The summed E-state index contributed by atoms with van der Waals surface area (Å²) in [5, 5.41) is 0. The molecule has 20 heavy (non-hydrogen) atoms. The summed E-state index contributed by atoms with van der Waals surface area (Å²) < 4.78 is 5.23. The summed E-state index contributed by atoms with van der Waals surface area (Å²) >= 11 is 0. The summed E-state index contributed by atoms with van der Waals surface area (Å²) in [6, 6.07) is 8.67. The molecule has 2 aromatic rings. The van der Waals surface area contributed by atoms with Crippen LogP contribution in [0.25, 0.3) is 11.0 Å². The molecule has 1 unspecified atom stereocenters. The molecule has 1 atom stereocenters. The van der Waals surface area contributed by atoms with E-state index in [0.717, 1.165) is 49.8 Å². The molecule has 0 saturated carbocycles. The van der Waals surface area contributed by atoms with Crippen LogP contribution in [-0.2, 0) is 4.74 Å². The first-order valence-corrected chi connectivity index (χ1v) is 7.20. The van der Waals surface area contributed by atoms with E-state index in [1.54, 1.807) is 7.11 Å². The van der Waals surface area contributed by atoms with Crippen LogP contribution in [0, 0.1) is 0 Å². The maximum Gasteiger partial charge on any atom is 0.203 e. The van der Waals surface area contributed by atoms with Crippen molar-refractivity contribution in [3.8, 4) is 0 Å². The fourth-order valence-electron chi connectivity index (χ4n) is 2.81. The maximum absolute atomic E-state index is 5.23. The van der Waals surface area contributed by atoms with Gasteiger partial charge in [-0.2, -0.15) is 0 Å². The van der Waals surface area contributed by atoms with Gasteiger partial charge in [0.25, 0.3) is 0 Å². The van der Waals surface area contributed by atoms with Crippen molar-refractivity contribution in [2.75, 3.05) is 44.8 Å². The average molecular weight is 274 g/mol. The normalized spacial score (nSPS) is 18.6. The second-order valence-corrected chi connectivity index (χ2v) is 5.40. The molecular weight excluding hydrogens is 252 g/mol. The van der Waals surface area contributed by atoms with Crippen LogP contribution < -0.4 is 4.90 Å². The van der Waals surface area contributed by atoms with Crippen LogP contribution in [0.5, 0.6) is 0 Å². The Morgan fingerprint density at radius 1 is 1.25 bits per heavy atom. The molecule has 1 aliphatic rings. The Morgan fingerprint density at radius 3 is 2.70 bits per heavy atom. The quantitative estimate of drug-likeness (QED) is 0.922. The largest absolute Gasteiger partial charge is 0.383 e. The summed E-state index contributed by atoms with van der Waals surface area (Å²) in [5.74, 6) is 0.991. The van der Waals surface area contributed by atoms with Gasteiger partial charge >= 0.3 is 0 Å². The molecule has 0 aliphatic carbocycles. The Balaban J connectivity index is 1.65. The Hall–Kier alpha value is -1.59. The molecule has 1 aromatic heterocycles. The van der Waals surface area contributed by atoms with Crippen LogP contribution in [0.1, 0.15) is 6.92 Å². The molecule has 5 heteroatoms. The predicted molar refractivity (Wildman–Crippen MR) is 81.2 cm³/mol. The average Bonchev–Trinajstić information content (AvgIpc) is 2.91. The van der Waals surface area contributed by atoms with Gasteiger partial charge in [0.1, 0.15) is 0 Å². The summed E-state index contributed by atoms with van der Waals surface area (Å²) in [5.41, 5.74) is 2.15. The van der Waals surface area contributed by atoms with Crippen LogP contribution in [0.3, 0.4) is 0 Å². The number of rotatable bonds is 4. The van der Waals surface area contributed by atoms with Gasteiger partial charge in [-0.15, -0.1) is 0 Å². The molecule has 1 saturated heterocycles. The monoisotopic (exact) mass is 274 g/mol. The van der Waals surface area contributed by atoms with Gasteiger partial charge in [0.15, 0.2) is 0 Å². The third-order valence-corrected chi connectivity index (χ3v) is 4.02. The number of ether oxygens (including phenoxy) is 1. The van der Waals surface area contributed by atoms with Gasteiger partial charge in [0.05, 0.1) is 17.6 Å². The van der Waals surface area contributed by atoms with Crippen molar-refractivity contribution in [2.45, 2.75) is 13.0 Å². The Labute approximate surface area is 119 Å². The van der Waals surface area contributed by atoms with Gasteiger partial charge < -0.3 is 14.6 Å². The summed E-state index contributed by atoms with van der Waals surface area (Å²) in [6.07, 6.45) is 0. The number of H-pyrrole nitrogens is 1. The molecule has 0 radical (unpaired) electrons. The van der Waals surface area contributed by atoms with E-state index >= 15 is 0 Å². The number of fused-ring (bicyclic) bond motifs is 1. The van der Waals surface area contributed by atoms with Crippen molar-refractivity contribution < 1.29 is 4.74 Å². The molecule has 0 bridgehead atoms. The van der Waals surface area contributed by atoms with E-state index in [4.69, 9.17) is 4.74 Å². The first kappa shape index (κ1) is 13.4. The number of piperazine rings is 1. The van der Waals surface area contributed by atoms with Crippen LogP contribution in [-0.4, -0.2) is 60.8 Å². The summed E-state index contributed by atoms with van der Waals surface area (Å²) in [4.78, 5) is 12.9. The highest BCUT2D eigenvalue weighted by Gasteiger charge is 2.22. The Kier molecular flexibility index (Phi) is 3.89. The molecule has 1 aromatic carbocycles. The standard InChI is InChI=1S/C15H22N4O/c1-12(11-20-2)18-7-9-19(10-8-18)15-16-13-5-3-4-6-14(13)17-15/h3-6,12H,7-11H2,1-2H3,(H,16,17). The number of hydrogen-bond donors (Lipinski definition) is 1. The van der Waals surface area contributed by atoms with E-state index in [1.165, 1.54) is 0 Å². The number of nitrogens with one attached hydrogen (secondary N) is 1. The smallest absolute Gasteiger partial charge is 0.203 e. The minimum atomic E-state index is 0.484. The van der Waals surface area contributed by atoms with Crippen LogP contribution in [0.15, 0.2) is 24.3 Å². The molecule has 1 fully saturated rings. The van der Waals surface area contributed by atoms with E-state index in [1.807, 2.05) is 18.2 Å². The number of hydrogen-bond acceptors (Lipinski definition) is 4. The lowest BCUT2D eigenvalue weighted by Gasteiger charge is -2.37. The number of benzene rings is 1. The lowest BCUT2D eigenvalue weighted by molar-refractivity contribution is 0.0951. The molecule has 2 heterocycles. The number of para-hydroxylation sites is 2. The number of aromatic nitrogens is 2. The third kappa shape index (κ3) is 2.64. The minimum Gasteiger partial charge on any atom is -0.383 e. The van der Waals surface area contributed by atoms with Crippen molar-refractivity contribution in [2.24, 2.45) is 0 Å². The molecule has 108 valence electrons. The van der Waals surface area contributed by atoms with Crippen molar-refractivity contribution in [1.82, 2.24) is 14.9 Å². The predicted octanol–water partition coefficient (Wildman–Crippen LogP) is 1.72. The second kappa shape index (κ2) is 5.81. The van der Waals surface area contributed by atoms with Gasteiger partial charge in [0, 0.05) is 39.3 Å². The topological polar surface area (TPSA) is 44.4 Å². The molecule has 1 N–H and O–H groups in total. The first-order chi connectivity index (χ1) is 9.78. The fraction of sp³-hybridized carbons (Fsp3) is 0.533. The first-order valence-electron chi connectivity index (χ1n) is 7.20. The number of imidazole rings is 1. The zero-order valence-electron chi connectivity index (χ0n) is 12.2. The van der Waals surface area contributed by atoms with E-state index in [-0.39, 0.29) is 0 Å². The van der Waals surface area contributed by atoms with Gasteiger partial charge in [-0.25, -0.2) is 4.98 Å². The SMILES string of the molecule is COCC(C)N1CCN(c2nc3ccccc3[nH]2)CC1. The summed E-state index contributed by atoms with van der Waals surface area (Å²) in [7, 11) is 1.77. The van der Waals surface area contributed by atoms with Crippen LogP contribution in [0.2, 0.25) is 0 Å². The van der Waals surface area contributed by atoms with Gasteiger partial charge in [-0.3, -0.25) is 4.90 Å². The van der Waals surface area contributed by atoms with E-state index < -0.39 is 0 Å². The number of aromatic amines is 1. The number of anilines is 1. The van der Waals surface area contributed by atoms with Gasteiger partial charge in [-0.1, -0.05) is 12.1 Å². The minimum absolute atomic E-state index is 0.484. The zero-order valence-corrected chi connectivity index (χ0v) is 12.2. The van der Waals surface area contributed by atoms with E-state index in [2.05, 4.69) is 32.8 Å². The lowest BCUT2D eigenvalue weighted by atomic mass is 10.2. The van der Waals surface area contributed by atoms with E-state index in [9.17, 15) is 0 Å². The Bertz CT molecular complexity index is 527. The molecule has 0 spiro atoms. The molecule has 3 rings (SSSR count). The van der Waals surface area contributed by atoms with Crippen molar-refractivity contribution in [1.29, 1.82) is 0 Å². The highest BCUT2D eigenvalue weighted by atomic mass is 16.5. The fourth-order valence-corrected chi connectivity index (χ4v) is 2.81. The summed E-state index contributed by atoms with van der Waals surface area (Å²) in [6.45, 7) is 7.15. The second-order valence-electron chi connectivity index (χ2n) is 5.40.